The Balaban J connectivity index is 1.69. The molecular formula is C21H24FN3O4. The summed E-state index contributed by atoms with van der Waals surface area (Å²) in [5, 5.41) is 22.2. The van der Waals surface area contributed by atoms with Crippen LogP contribution in [0.5, 0.6) is 0 Å². The van der Waals surface area contributed by atoms with Crippen molar-refractivity contribution in [3.63, 3.8) is 0 Å². The molecule has 8 heteroatoms. The fraction of sp³-hybridized carbons (Fsp3) is 0.381. The van der Waals surface area contributed by atoms with Crippen molar-refractivity contribution in [2.75, 3.05) is 13.2 Å². The third kappa shape index (κ3) is 5.16. The molecule has 1 aliphatic rings. The molecule has 0 fully saturated rings. The van der Waals surface area contributed by atoms with E-state index in [2.05, 4.69) is 15.3 Å². The lowest BCUT2D eigenvalue weighted by Crippen LogP contribution is -2.42. The van der Waals surface area contributed by atoms with Crippen molar-refractivity contribution in [1.82, 2.24) is 10.3 Å². The van der Waals surface area contributed by atoms with E-state index in [9.17, 15) is 14.3 Å². The highest BCUT2D eigenvalue weighted by Gasteiger charge is 2.30. The average molecular weight is 401 g/mol. The van der Waals surface area contributed by atoms with Gasteiger partial charge in [0.2, 0.25) is 11.8 Å². The van der Waals surface area contributed by atoms with Gasteiger partial charge in [0.05, 0.1) is 42.5 Å². The molecule has 0 spiro atoms. The molecule has 0 saturated heterocycles. The number of aliphatic hydroxyl groups excluding tert-OH is 1. The molecule has 1 aromatic heterocycles. The van der Waals surface area contributed by atoms with E-state index < -0.39 is 11.6 Å². The normalized spacial score (nSPS) is 14.2. The minimum absolute atomic E-state index is 0.0217. The second-order valence-corrected chi connectivity index (χ2v) is 7.41. The van der Waals surface area contributed by atoms with Crippen molar-refractivity contribution in [1.29, 1.82) is 0 Å². The van der Waals surface area contributed by atoms with Crippen LogP contribution < -0.4 is 5.32 Å². The van der Waals surface area contributed by atoms with Crippen molar-refractivity contribution < 1.29 is 24.1 Å². The van der Waals surface area contributed by atoms with Crippen molar-refractivity contribution in [2.45, 2.75) is 38.5 Å². The van der Waals surface area contributed by atoms with Crippen molar-refractivity contribution >= 4 is 11.8 Å². The molecule has 2 aromatic rings. The first-order valence-electron chi connectivity index (χ1n) is 9.31. The Hall–Kier alpha value is -2.84. The van der Waals surface area contributed by atoms with Gasteiger partial charge in [-0.3, -0.25) is 9.78 Å². The number of nitrogens with zero attached hydrogens (tertiary/aromatic N) is 2. The van der Waals surface area contributed by atoms with Crippen LogP contribution in [0.15, 0.2) is 41.5 Å². The van der Waals surface area contributed by atoms with Gasteiger partial charge in [-0.1, -0.05) is 12.1 Å². The summed E-state index contributed by atoms with van der Waals surface area (Å²) >= 11 is 0. The second-order valence-electron chi connectivity index (χ2n) is 7.41. The molecule has 3 rings (SSSR count). The van der Waals surface area contributed by atoms with Crippen LogP contribution in [0, 0.1) is 5.82 Å². The molecule has 1 aromatic carbocycles. The van der Waals surface area contributed by atoms with Crippen LogP contribution in [-0.2, 0) is 22.5 Å². The Morgan fingerprint density at radius 2 is 2.07 bits per heavy atom. The molecule has 154 valence electrons. The number of aliphatic imine (C=N–C) groups is 1. The van der Waals surface area contributed by atoms with Crippen LogP contribution in [0.1, 0.15) is 42.3 Å². The topological polar surface area (TPSA) is 104 Å². The fourth-order valence-corrected chi connectivity index (χ4v) is 3.17. The highest BCUT2D eigenvalue weighted by Crippen LogP contribution is 2.26. The minimum Gasteiger partial charge on any atom is -0.475 e. The third-order valence-electron chi connectivity index (χ3n) is 4.56. The van der Waals surface area contributed by atoms with E-state index >= 15 is 0 Å². The lowest BCUT2D eigenvalue weighted by atomic mass is 9.91. The van der Waals surface area contributed by atoms with Crippen LogP contribution in [0.3, 0.4) is 0 Å². The number of hydrogen-bond donors (Lipinski definition) is 3. The summed E-state index contributed by atoms with van der Waals surface area (Å²) in [5.41, 5.74) is 1.57. The number of halogens is 1. The first kappa shape index (κ1) is 20.9. The summed E-state index contributed by atoms with van der Waals surface area (Å²) in [4.78, 5) is 21.2. The number of ether oxygens (including phenoxy) is 1. The molecule has 2 heterocycles. The lowest BCUT2D eigenvalue weighted by molar-refractivity contribution is -0.123. The van der Waals surface area contributed by atoms with Crippen LogP contribution in [0.4, 0.5) is 4.39 Å². The summed E-state index contributed by atoms with van der Waals surface area (Å²) in [7, 11) is 0. The van der Waals surface area contributed by atoms with Crippen LogP contribution in [0.25, 0.3) is 0 Å². The van der Waals surface area contributed by atoms with Crippen LogP contribution in [0.2, 0.25) is 0 Å². The molecule has 0 radical (unpaired) electrons. The van der Waals surface area contributed by atoms with E-state index in [1.165, 1.54) is 24.3 Å². The molecule has 3 N–H and O–H groups in total. The van der Waals surface area contributed by atoms with Gasteiger partial charge in [-0.15, -0.1) is 0 Å². The number of pyridine rings is 1. The summed E-state index contributed by atoms with van der Waals surface area (Å²) in [6.45, 7) is 3.65. The molecular weight excluding hydrogens is 377 g/mol. The maximum Gasteiger partial charge on any atom is 0.226 e. The molecule has 1 amide bonds. The monoisotopic (exact) mass is 401 g/mol. The van der Waals surface area contributed by atoms with E-state index in [0.717, 1.165) is 11.1 Å². The predicted octanol–water partition coefficient (Wildman–Crippen LogP) is 1.66. The molecule has 0 bridgehead atoms. The number of amides is 1. The number of carbonyl (C=O) groups excluding carboxylic acids is 1. The second kappa shape index (κ2) is 8.67. The Kier molecular flexibility index (Phi) is 6.24. The van der Waals surface area contributed by atoms with Gasteiger partial charge >= 0.3 is 0 Å². The van der Waals surface area contributed by atoms with Crippen LogP contribution in [-0.4, -0.2) is 45.8 Å². The number of hydrogen-bond acceptors (Lipinski definition) is 6. The van der Waals surface area contributed by atoms with Crippen molar-refractivity contribution in [3.05, 3.63) is 64.7 Å². The Morgan fingerprint density at radius 1 is 1.34 bits per heavy atom. The van der Waals surface area contributed by atoms with Gasteiger partial charge < -0.3 is 20.3 Å². The molecule has 1 aliphatic heterocycles. The van der Waals surface area contributed by atoms with Gasteiger partial charge in [-0.2, -0.15) is 0 Å². The largest absolute Gasteiger partial charge is 0.475 e. The lowest BCUT2D eigenvalue weighted by Gasteiger charge is -2.30. The van der Waals surface area contributed by atoms with E-state index in [4.69, 9.17) is 9.84 Å². The molecule has 0 aliphatic carbocycles. The maximum atomic E-state index is 13.2. The number of carbonyl (C=O) groups is 1. The molecule has 0 saturated carbocycles. The van der Waals surface area contributed by atoms with Gasteiger partial charge in [0, 0.05) is 6.20 Å². The molecule has 1 atom stereocenters. The van der Waals surface area contributed by atoms with Gasteiger partial charge in [0.25, 0.3) is 0 Å². The Morgan fingerprint density at radius 3 is 2.72 bits per heavy atom. The predicted molar refractivity (Wildman–Crippen MR) is 105 cm³/mol. The molecule has 7 nitrogen and oxygen atoms in total. The number of fused-ring (bicyclic) bond motifs is 1. The van der Waals surface area contributed by atoms with Gasteiger partial charge in [0.1, 0.15) is 12.4 Å². The average Bonchev–Trinajstić information content (AvgIpc) is 3.06. The fourth-order valence-electron chi connectivity index (χ4n) is 3.17. The highest BCUT2D eigenvalue weighted by molar-refractivity contribution is 5.97. The third-order valence-corrected chi connectivity index (χ3v) is 4.56. The smallest absolute Gasteiger partial charge is 0.226 e. The summed E-state index contributed by atoms with van der Waals surface area (Å²) in [6, 6.07) is 6.75. The highest BCUT2D eigenvalue weighted by atomic mass is 19.1. The Bertz CT molecular complexity index is 907. The zero-order chi connectivity index (χ0) is 21.0. The van der Waals surface area contributed by atoms with E-state index in [1.54, 1.807) is 26.1 Å². The maximum absolute atomic E-state index is 13.2. The number of aliphatic hydroxyl groups is 2. The van der Waals surface area contributed by atoms with Gasteiger partial charge in [-0.05, 0) is 43.2 Å². The van der Waals surface area contributed by atoms with E-state index in [-0.39, 0.29) is 31.4 Å². The summed E-state index contributed by atoms with van der Waals surface area (Å²) < 4.78 is 18.6. The number of aromatic nitrogens is 1. The van der Waals surface area contributed by atoms with Crippen molar-refractivity contribution in [3.8, 4) is 0 Å². The zero-order valence-corrected chi connectivity index (χ0v) is 16.4. The van der Waals surface area contributed by atoms with Gasteiger partial charge in [-0.25, -0.2) is 9.38 Å². The number of nitrogens with one attached hydrogen (secondary N) is 1. The SMILES string of the molecule is CC(C)(O)[C@@H](NC(=O)Cc1cc2c(cn1)C(OCCO)=NC2)c1ccc(F)cc1. The van der Waals surface area contributed by atoms with Gasteiger partial charge in [0.15, 0.2) is 0 Å². The Labute approximate surface area is 168 Å². The van der Waals surface area contributed by atoms with E-state index in [1.807, 2.05) is 0 Å². The standard InChI is InChI=1S/C21H24FN3O4/c1-21(2,28)19(13-3-5-15(22)6-4-13)25-18(27)10-16-9-14-11-24-20(29-8-7-26)17(14)12-23-16/h3-6,9,12,19,26,28H,7-8,10-11H2,1-2H3,(H,25,27)/t19-/m0/s1. The first-order valence-corrected chi connectivity index (χ1v) is 9.31. The number of benzene rings is 1. The van der Waals surface area contributed by atoms with Crippen LogP contribution >= 0.6 is 0 Å². The molecule has 29 heavy (non-hydrogen) atoms. The minimum atomic E-state index is -1.24. The number of rotatable bonds is 7. The summed E-state index contributed by atoms with van der Waals surface area (Å²) in [5.74, 6) is -0.262. The molecule has 0 unspecified atom stereocenters. The van der Waals surface area contributed by atoms with E-state index in [0.29, 0.717) is 23.7 Å². The first-order chi connectivity index (χ1) is 13.8. The quantitative estimate of drug-likeness (QED) is 0.655. The summed E-state index contributed by atoms with van der Waals surface area (Å²) in [6.07, 6.45) is 1.63. The van der Waals surface area contributed by atoms with Crippen molar-refractivity contribution in [2.24, 2.45) is 4.99 Å². The zero-order valence-electron chi connectivity index (χ0n) is 16.4.